The van der Waals surface area contributed by atoms with Crippen molar-refractivity contribution >= 4 is 27.1 Å². The normalized spacial score (nSPS) is 11.2. The van der Waals surface area contributed by atoms with E-state index in [1.807, 2.05) is 18.2 Å². The fourth-order valence-electron chi connectivity index (χ4n) is 3.47. The van der Waals surface area contributed by atoms with Gasteiger partial charge in [-0.3, -0.25) is 14.3 Å². The van der Waals surface area contributed by atoms with Crippen LogP contribution in [0.3, 0.4) is 0 Å². The quantitative estimate of drug-likeness (QED) is 0.512. The number of anilines is 2. The number of carbonyl (C=O) groups is 1. The Labute approximate surface area is 191 Å². The number of carbonyl (C=O) groups excluding carboxylic acids is 1. The van der Waals surface area contributed by atoms with Crippen LogP contribution in [0.5, 0.6) is 11.5 Å². The largest absolute Gasteiger partial charge is 0.495 e. The van der Waals surface area contributed by atoms with Crippen molar-refractivity contribution in [1.29, 1.82) is 0 Å². The molecule has 0 aliphatic heterocycles. The van der Waals surface area contributed by atoms with E-state index in [1.165, 1.54) is 25.0 Å². The second kappa shape index (κ2) is 9.41. The fourth-order valence-corrected chi connectivity index (χ4v) is 4.52. The van der Waals surface area contributed by atoms with Crippen molar-refractivity contribution in [3.05, 3.63) is 58.5 Å². The fraction of sp³-hybridized carbons (Fsp3) is 0.273. The van der Waals surface area contributed by atoms with Gasteiger partial charge in [0.2, 0.25) is 5.91 Å². The van der Waals surface area contributed by atoms with Gasteiger partial charge >= 0.3 is 0 Å². The number of methoxy groups -OCH3 is 2. The third-order valence-corrected chi connectivity index (χ3v) is 6.26. The van der Waals surface area contributed by atoms with Gasteiger partial charge in [0.25, 0.3) is 5.56 Å². The van der Waals surface area contributed by atoms with Gasteiger partial charge in [0, 0.05) is 13.3 Å². The maximum absolute atomic E-state index is 13.0. The molecule has 0 atom stereocenters. The molecule has 0 aliphatic rings. The van der Waals surface area contributed by atoms with Crippen molar-refractivity contribution in [3.8, 4) is 17.2 Å². The molecule has 0 unspecified atom stereocenters. The minimum atomic E-state index is -3.67. The van der Waals surface area contributed by atoms with Crippen LogP contribution in [0.25, 0.3) is 5.69 Å². The van der Waals surface area contributed by atoms with Crippen LogP contribution in [0.1, 0.15) is 5.69 Å². The molecular formula is C22H26N4O6S. The van der Waals surface area contributed by atoms with Crippen LogP contribution in [-0.2, 0) is 21.7 Å². The SMILES string of the molecule is COc1ccc(NCC(=O)Nc2c(C)n(C)n(-c3ccccc3)c2=O)c(OC)c1S(C)(=O)=O. The molecule has 0 spiro atoms. The highest BCUT2D eigenvalue weighted by molar-refractivity contribution is 7.91. The van der Waals surface area contributed by atoms with Gasteiger partial charge in [-0.25, -0.2) is 13.1 Å². The molecule has 2 aromatic carbocycles. The van der Waals surface area contributed by atoms with E-state index >= 15 is 0 Å². The summed E-state index contributed by atoms with van der Waals surface area (Å²) in [7, 11) is 0.737. The zero-order valence-corrected chi connectivity index (χ0v) is 19.8. The van der Waals surface area contributed by atoms with Crippen molar-refractivity contribution in [1.82, 2.24) is 9.36 Å². The van der Waals surface area contributed by atoms with Crippen molar-refractivity contribution in [2.75, 3.05) is 37.7 Å². The lowest BCUT2D eigenvalue weighted by atomic mass is 10.2. The molecule has 176 valence electrons. The number of amides is 1. The van der Waals surface area contributed by atoms with E-state index in [-0.39, 0.29) is 34.2 Å². The standard InChI is InChI=1S/C22H26N4O6S/c1-14-19(22(28)26(25(14)2)15-9-7-6-8-10-15)24-18(27)13-23-16-11-12-17(31-3)21(20(16)32-4)33(5,29)30/h6-12,23H,13H2,1-5H3,(H,24,27). The van der Waals surface area contributed by atoms with E-state index < -0.39 is 15.7 Å². The average molecular weight is 475 g/mol. The molecule has 0 bridgehead atoms. The smallest absolute Gasteiger partial charge is 0.295 e. The van der Waals surface area contributed by atoms with Gasteiger partial charge in [-0.05, 0) is 31.2 Å². The summed E-state index contributed by atoms with van der Waals surface area (Å²) in [6, 6.07) is 12.1. The molecule has 3 aromatic rings. The summed E-state index contributed by atoms with van der Waals surface area (Å²) >= 11 is 0. The Kier molecular flexibility index (Phi) is 6.82. The first-order chi connectivity index (χ1) is 15.6. The number of ether oxygens (including phenoxy) is 2. The summed E-state index contributed by atoms with van der Waals surface area (Å²) in [5, 5.41) is 5.51. The zero-order chi connectivity index (χ0) is 24.3. The van der Waals surface area contributed by atoms with Crippen LogP contribution < -0.4 is 25.7 Å². The average Bonchev–Trinajstić information content (AvgIpc) is 2.99. The highest BCUT2D eigenvalue weighted by Gasteiger charge is 2.24. The Bertz CT molecular complexity index is 1340. The van der Waals surface area contributed by atoms with Gasteiger partial charge in [-0.15, -0.1) is 0 Å². The second-order valence-electron chi connectivity index (χ2n) is 7.29. The molecule has 1 aromatic heterocycles. The highest BCUT2D eigenvalue weighted by atomic mass is 32.2. The summed E-state index contributed by atoms with van der Waals surface area (Å²) < 4.78 is 38.0. The van der Waals surface area contributed by atoms with Crippen molar-refractivity contribution in [2.24, 2.45) is 7.05 Å². The molecular weight excluding hydrogens is 448 g/mol. The van der Waals surface area contributed by atoms with Crippen LogP contribution in [0.2, 0.25) is 0 Å². The van der Waals surface area contributed by atoms with Gasteiger partial charge < -0.3 is 20.1 Å². The minimum absolute atomic E-state index is 0.0342. The number of nitrogens with zero attached hydrogens (tertiary/aromatic N) is 2. The number of hydrogen-bond acceptors (Lipinski definition) is 7. The summed E-state index contributed by atoms with van der Waals surface area (Å²) in [5.74, 6) is -0.322. The monoisotopic (exact) mass is 474 g/mol. The minimum Gasteiger partial charge on any atom is -0.495 e. The molecule has 0 aliphatic carbocycles. The molecule has 10 nitrogen and oxygen atoms in total. The van der Waals surface area contributed by atoms with Gasteiger partial charge in [-0.2, -0.15) is 0 Å². The lowest BCUT2D eigenvalue weighted by Gasteiger charge is -2.16. The first-order valence-electron chi connectivity index (χ1n) is 9.93. The molecule has 33 heavy (non-hydrogen) atoms. The van der Waals surface area contributed by atoms with Crippen LogP contribution in [0.15, 0.2) is 52.2 Å². The third kappa shape index (κ3) is 4.72. The number of para-hydroxylation sites is 1. The lowest BCUT2D eigenvalue weighted by Crippen LogP contribution is -2.26. The van der Waals surface area contributed by atoms with E-state index in [0.29, 0.717) is 17.1 Å². The molecule has 3 rings (SSSR count). The summed E-state index contributed by atoms with van der Waals surface area (Å²) in [4.78, 5) is 25.5. The number of hydrogen-bond donors (Lipinski definition) is 2. The second-order valence-corrected chi connectivity index (χ2v) is 9.24. The maximum Gasteiger partial charge on any atom is 0.295 e. The maximum atomic E-state index is 13.0. The Morgan fingerprint density at radius 3 is 2.30 bits per heavy atom. The van der Waals surface area contributed by atoms with Crippen LogP contribution in [-0.4, -0.2) is 50.7 Å². The molecule has 11 heteroatoms. The topological polar surface area (TPSA) is 121 Å². The zero-order valence-electron chi connectivity index (χ0n) is 19.0. The Hall–Kier alpha value is -3.73. The van der Waals surface area contributed by atoms with Crippen LogP contribution >= 0.6 is 0 Å². The Balaban J connectivity index is 1.85. The van der Waals surface area contributed by atoms with Gasteiger partial charge in [0.1, 0.15) is 11.4 Å². The van der Waals surface area contributed by atoms with E-state index in [9.17, 15) is 18.0 Å². The number of benzene rings is 2. The molecule has 2 N–H and O–H groups in total. The molecule has 1 amide bonds. The van der Waals surface area contributed by atoms with Crippen LogP contribution in [0, 0.1) is 6.92 Å². The number of rotatable bonds is 8. The molecule has 1 heterocycles. The lowest BCUT2D eigenvalue weighted by molar-refractivity contribution is -0.114. The summed E-state index contributed by atoms with van der Waals surface area (Å²) in [5.41, 5.74) is 1.34. The van der Waals surface area contributed by atoms with Crippen molar-refractivity contribution in [3.63, 3.8) is 0 Å². The van der Waals surface area contributed by atoms with Gasteiger partial charge in [0.05, 0.1) is 37.8 Å². The van der Waals surface area contributed by atoms with E-state index in [1.54, 1.807) is 36.9 Å². The Morgan fingerprint density at radius 1 is 1.06 bits per heavy atom. The van der Waals surface area contributed by atoms with E-state index in [2.05, 4.69) is 10.6 Å². The van der Waals surface area contributed by atoms with Crippen molar-refractivity contribution in [2.45, 2.75) is 11.8 Å². The molecule has 0 radical (unpaired) electrons. The predicted octanol–water partition coefficient (Wildman–Crippen LogP) is 1.96. The molecule has 0 fully saturated rings. The van der Waals surface area contributed by atoms with Crippen molar-refractivity contribution < 1.29 is 22.7 Å². The first kappa shape index (κ1) is 23.9. The van der Waals surface area contributed by atoms with Gasteiger partial charge in [-0.1, -0.05) is 18.2 Å². The van der Waals surface area contributed by atoms with Crippen LogP contribution in [0.4, 0.5) is 11.4 Å². The third-order valence-electron chi connectivity index (χ3n) is 5.13. The van der Waals surface area contributed by atoms with Gasteiger partial charge in [0.15, 0.2) is 20.5 Å². The van der Waals surface area contributed by atoms with E-state index in [4.69, 9.17) is 9.47 Å². The Morgan fingerprint density at radius 2 is 1.73 bits per heavy atom. The number of sulfone groups is 1. The van der Waals surface area contributed by atoms with E-state index in [0.717, 1.165) is 6.26 Å². The highest BCUT2D eigenvalue weighted by Crippen LogP contribution is 2.39. The predicted molar refractivity (Wildman–Crippen MR) is 126 cm³/mol. The molecule has 0 saturated heterocycles. The summed E-state index contributed by atoms with van der Waals surface area (Å²) in [6.07, 6.45) is 1.04. The summed E-state index contributed by atoms with van der Waals surface area (Å²) in [6.45, 7) is 1.50. The first-order valence-corrected chi connectivity index (χ1v) is 11.8. The number of aromatic nitrogens is 2. The molecule has 0 saturated carbocycles. The number of nitrogens with one attached hydrogen (secondary N) is 2.